The van der Waals surface area contributed by atoms with Crippen molar-refractivity contribution in [3.8, 4) is 0 Å². The van der Waals surface area contributed by atoms with Gasteiger partial charge in [-0.3, -0.25) is 4.79 Å². The van der Waals surface area contributed by atoms with E-state index in [4.69, 9.17) is 0 Å². The minimum Gasteiger partial charge on any atom is -0.273 e. The number of carbonyl (C=O) groups excluding carboxylic acids is 1. The van der Waals surface area contributed by atoms with Crippen LogP contribution >= 0.6 is 0 Å². The van der Waals surface area contributed by atoms with Crippen LogP contribution < -0.4 is 0 Å². The average Bonchev–Trinajstić information content (AvgIpc) is 2.32. The predicted octanol–water partition coefficient (Wildman–Crippen LogP) is 2.40. The zero-order valence-electron chi connectivity index (χ0n) is 12.5. The van der Waals surface area contributed by atoms with Gasteiger partial charge in [0.05, 0.1) is 11.7 Å². The molecule has 0 radical (unpaired) electrons. The summed E-state index contributed by atoms with van der Waals surface area (Å²) in [6.45, 7) is 2.25. The van der Waals surface area contributed by atoms with E-state index in [1.54, 1.807) is 0 Å². The standard InChI is InChI=1S/C15H25NO3S/c1-3-4-16(20(2,18)19)14(17)15-8-11-5-12(9-15)7-13(6-11)10-15/h11-13H,3-10H2,1-2H3. The van der Waals surface area contributed by atoms with Crippen LogP contribution in [0.1, 0.15) is 51.9 Å². The number of amides is 1. The van der Waals surface area contributed by atoms with Crippen molar-refractivity contribution in [2.75, 3.05) is 12.8 Å². The second-order valence-corrected chi connectivity index (χ2v) is 9.24. The van der Waals surface area contributed by atoms with Gasteiger partial charge >= 0.3 is 0 Å². The summed E-state index contributed by atoms with van der Waals surface area (Å²) in [5.41, 5.74) is -0.354. The number of nitrogens with zero attached hydrogens (tertiary/aromatic N) is 1. The summed E-state index contributed by atoms with van der Waals surface area (Å²) in [5, 5.41) is 0. The predicted molar refractivity (Wildman–Crippen MR) is 77.5 cm³/mol. The Morgan fingerprint density at radius 1 is 1.10 bits per heavy atom. The largest absolute Gasteiger partial charge is 0.273 e. The fraction of sp³-hybridized carbons (Fsp3) is 0.933. The molecular weight excluding hydrogens is 274 g/mol. The highest BCUT2D eigenvalue weighted by molar-refractivity contribution is 7.88. The third-order valence-corrected chi connectivity index (χ3v) is 6.69. The van der Waals surface area contributed by atoms with Gasteiger partial charge in [0.1, 0.15) is 0 Å². The Kier molecular flexibility index (Phi) is 3.39. The van der Waals surface area contributed by atoms with Gasteiger partial charge in [-0.05, 0) is 62.7 Å². The van der Waals surface area contributed by atoms with Gasteiger partial charge in [0.15, 0.2) is 0 Å². The first kappa shape index (κ1) is 14.4. The summed E-state index contributed by atoms with van der Waals surface area (Å²) in [7, 11) is -3.44. The molecule has 0 unspecified atom stereocenters. The molecule has 0 saturated heterocycles. The van der Waals surface area contributed by atoms with E-state index in [9.17, 15) is 13.2 Å². The number of rotatable bonds is 4. The van der Waals surface area contributed by atoms with Gasteiger partial charge in [0, 0.05) is 6.54 Å². The molecule has 0 aromatic rings. The molecule has 0 aromatic carbocycles. The van der Waals surface area contributed by atoms with E-state index in [1.807, 2.05) is 6.92 Å². The number of sulfonamides is 1. The van der Waals surface area contributed by atoms with Crippen molar-refractivity contribution in [3.05, 3.63) is 0 Å². The lowest BCUT2D eigenvalue weighted by atomic mass is 9.49. The molecule has 1 amide bonds. The van der Waals surface area contributed by atoms with Gasteiger partial charge in [-0.2, -0.15) is 0 Å². The van der Waals surface area contributed by atoms with Crippen LogP contribution in [0.15, 0.2) is 0 Å². The molecule has 114 valence electrons. The van der Waals surface area contributed by atoms with Crippen LogP contribution in [0.4, 0.5) is 0 Å². The van der Waals surface area contributed by atoms with Crippen molar-refractivity contribution in [2.24, 2.45) is 23.2 Å². The zero-order valence-corrected chi connectivity index (χ0v) is 13.3. The summed E-state index contributed by atoms with van der Waals surface area (Å²) >= 11 is 0. The Hall–Kier alpha value is -0.580. The molecule has 4 bridgehead atoms. The molecular formula is C15H25NO3S. The molecule has 4 rings (SSSR count). The van der Waals surface area contributed by atoms with E-state index in [2.05, 4.69) is 0 Å². The van der Waals surface area contributed by atoms with Crippen molar-refractivity contribution in [2.45, 2.75) is 51.9 Å². The van der Waals surface area contributed by atoms with E-state index in [0.29, 0.717) is 30.7 Å². The lowest BCUT2D eigenvalue weighted by Crippen LogP contribution is -2.55. The van der Waals surface area contributed by atoms with Crippen LogP contribution in [0.2, 0.25) is 0 Å². The van der Waals surface area contributed by atoms with E-state index in [1.165, 1.54) is 29.8 Å². The first-order valence-electron chi connectivity index (χ1n) is 7.86. The molecule has 4 saturated carbocycles. The Morgan fingerprint density at radius 3 is 1.90 bits per heavy atom. The minimum atomic E-state index is -3.44. The maximum Gasteiger partial charge on any atom is 0.242 e. The molecule has 4 aliphatic rings. The maximum absolute atomic E-state index is 13.0. The summed E-state index contributed by atoms with van der Waals surface area (Å²) in [4.78, 5) is 13.0. The minimum absolute atomic E-state index is 0.0963. The molecule has 4 fully saturated rings. The highest BCUT2D eigenvalue weighted by Crippen LogP contribution is 2.60. The van der Waals surface area contributed by atoms with Crippen LogP contribution in [-0.4, -0.2) is 31.4 Å². The third-order valence-electron chi connectivity index (χ3n) is 5.55. The molecule has 0 aromatic heterocycles. The first-order chi connectivity index (χ1) is 9.34. The zero-order chi connectivity index (χ0) is 14.5. The lowest BCUT2D eigenvalue weighted by Gasteiger charge is -2.56. The van der Waals surface area contributed by atoms with Gasteiger partial charge in [-0.15, -0.1) is 0 Å². The van der Waals surface area contributed by atoms with Gasteiger partial charge in [0.2, 0.25) is 15.9 Å². The maximum atomic E-state index is 13.0. The highest BCUT2D eigenvalue weighted by atomic mass is 32.2. The van der Waals surface area contributed by atoms with Crippen LogP contribution in [0, 0.1) is 23.2 Å². The summed E-state index contributed by atoms with van der Waals surface area (Å²) in [6, 6.07) is 0. The van der Waals surface area contributed by atoms with Gasteiger partial charge in [0.25, 0.3) is 0 Å². The summed E-state index contributed by atoms with van der Waals surface area (Å²) in [5.74, 6) is 1.88. The van der Waals surface area contributed by atoms with Crippen molar-refractivity contribution in [1.82, 2.24) is 4.31 Å². The second kappa shape index (κ2) is 4.72. The van der Waals surface area contributed by atoms with E-state index in [-0.39, 0.29) is 11.3 Å². The molecule has 0 aliphatic heterocycles. The summed E-state index contributed by atoms with van der Waals surface area (Å²) in [6.07, 6.45) is 8.42. The van der Waals surface area contributed by atoms with Gasteiger partial charge in [-0.1, -0.05) is 6.92 Å². The normalized spacial score (nSPS) is 39.0. The first-order valence-corrected chi connectivity index (χ1v) is 9.71. The van der Waals surface area contributed by atoms with E-state index < -0.39 is 10.0 Å². The van der Waals surface area contributed by atoms with Crippen molar-refractivity contribution in [3.63, 3.8) is 0 Å². The number of carbonyl (C=O) groups is 1. The van der Waals surface area contributed by atoms with Crippen LogP contribution in [0.5, 0.6) is 0 Å². The van der Waals surface area contributed by atoms with Crippen molar-refractivity contribution >= 4 is 15.9 Å². The molecule has 0 spiro atoms. The fourth-order valence-corrected chi connectivity index (χ4v) is 6.27. The van der Waals surface area contributed by atoms with Crippen LogP contribution in [0.25, 0.3) is 0 Å². The Morgan fingerprint density at radius 2 is 1.55 bits per heavy atom. The molecule has 0 heterocycles. The van der Waals surface area contributed by atoms with Crippen molar-refractivity contribution < 1.29 is 13.2 Å². The van der Waals surface area contributed by atoms with Crippen molar-refractivity contribution in [1.29, 1.82) is 0 Å². The quantitative estimate of drug-likeness (QED) is 0.801. The average molecular weight is 299 g/mol. The second-order valence-electron chi connectivity index (χ2n) is 7.34. The smallest absolute Gasteiger partial charge is 0.242 e. The molecule has 20 heavy (non-hydrogen) atoms. The molecule has 0 atom stereocenters. The third kappa shape index (κ3) is 2.28. The number of hydrogen-bond donors (Lipinski definition) is 0. The Labute approximate surface area is 122 Å². The number of hydrogen-bond acceptors (Lipinski definition) is 3. The highest BCUT2D eigenvalue weighted by Gasteiger charge is 2.56. The Bertz CT molecular complexity index is 476. The molecule has 4 aliphatic carbocycles. The van der Waals surface area contributed by atoms with Crippen LogP contribution in [0.3, 0.4) is 0 Å². The van der Waals surface area contributed by atoms with Crippen LogP contribution in [-0.2, 0) is 14.8 Å². The molecule has 0 N–H and O–H groups in total. The Balaban J connectivity index is 1.89. The summed E-state index contributed by atoms with van der Waals surface area (Å²) < 4.78 is 25.1. The van der Waals surface area contributed by atoms with E-state index in [0.717, 1.165) is 19.3 Å². The lowest BCUT2D eigenvalue weighted by molar-refractivity contribution is -0.152. The topological polar surface area (TPSA) is 54.5 Å². The van der Waals surface area contributed by atoms with Gasteiger partial charge in [-0.25, -0.2) is 12.7 Å². The van der Waals surface area contributed by atoms with E-state index >= 15 is 0 Å². The SMILES string of the molecule is CCCN(C(=O)C12CC3CC(CC(C3)C1)C2)S(C)(=O)=O. The van der Waals surface area contributed by atoms with Gasteiger partial charge < -0.3 is 0 Å². The molecule has 5 heteroatoms. The molecule has 4 nitrogen and oxygen atoms in total. The monoisotopic (exact) mass is 299 g/mol. The fourth-order valence-electron chi connectivity index (χ4n) is 5.26.